The maximum Gasteiger partial charge on any atom is 0.303 e. The second-order valence-corrected chi connectivity index (χ2v) is 13.6. The average Bonchev–Trinajstić information content (AvgIpc) is 3.05. The highest BCUT2D eigenvalue weighted by molar-refractivity contribution is 5.95. The Morgan fingerprint density at radius 2 is 1.81 bits per heavy atom. The summed E-state index contributed by atoms with van der Waals surface area (Å²) in [6, 6.07) is 0. The van der Waals surface area contributed by atoms with Gasteiger partial charge in [0, 0.05) is 18.3 Å². The van der Waals surface area contributed by atoms with E-state index in [1.807, 2.05) is 6.92 Å². The van der Waals surface area contributed by atoms with Crippen molar-refractivity contribution in [2.24, 2.45) is 28.6 Å². The number of rotatable bonds is 6. The van der Waals surface area contributed by atoms with Crippen molar-refractivity contribution in [3.63, 3.8) is 0 Å². The van der Waals surface area contributed by atoms with Crippen molar-refractivity contribution < 1.29 is 34.8 Å². The van der Waals surface area contributed by atoms with Gasteiger partial charge in [-0.25, -0.2) is 0 Å². The van der Waals surface area contributed by atoms with E-state index in [9.17, 15) is 30.0 Å². The summed E-state index contributed by atoms with van der Waals surface area (Å²) in [5.74, 6) is -0.889. The highest BCUT2D eigenvalue weighted by Crippen LogP contribution is 2.68. The van der Waals surface area contributed by atoms with E-state index in [0.717, 1.165) is 18.4 Å². The molecule has 4 rings (SSSR count). The Kier molecular flexibility index (Phi) is 6.85. The predicted octanol–water partition coefficient (Wildman–Crippen LogP) is 3.45. The van der Waals surface area contributed by atoms with E-state index < -0.39 is 34.4 Å². The summed E-state index contributed by atoms with van der Waals surface area (Å²) in [4.78, 5) is 24.7. The summed E-state index contributed by atoms with van der Waals surface area (Å²) >= 11 is 0. The van der Waals surface area contributed by atoms with Crippen LogP contribution in [0.4, 0.5) is 0 Å². The van der Waals surface area contributed by atoms with Crippen molar-refractivity contribution in [3.8, 4) is 0 Å². The molecule has 4 aliphatic rings. The van der Waals surface area contributed by atoms with E-state index in [1.54, 1.807) is 26.8 Å². The van der Waals surface area contributed by atoms with Crippen LogP contribution in [0.15, 0.2) is 11.6 Å². The number of carbonyl (C=O) groups excluding carboxylic acids is 2. The number of ether oxygens (including phenoxy) is 1. The van der Waals surface area contributed by atoms with Gasteiger partial charge in [0.25, 0.3) is 0 Å². The van der Waals surface area contributed by atoms with Gasteiger partial charge in [0.2, 0.25) is 0 Å². The lowest BCUT2D eigenvalue weighted by atomic mass is 9.46. The quantitative estimate of drug-likeness (QED) is 0.407. The molecule has 204 valence electrons. The number of allylic oxidation sites excluding steroid dienone is 1. The Bertz CT molecular complexity index is 938. The van der Waals surface area contributed by atoms with Gasteiger partial charge >= 0.3 is 5.97 Å². The van der Waals surface area contributed by atoms with Crippen LogP contribution in [0.1, 0.15) is 99.3 Å². The Balaban J connectivity index is 1.59. The van der Waals surface area contributed by atoms with Gasteiger partial charge in [0.1, 0.15) is 5.60 Å². The summed E-state index contributed by atoms with van der Waals surface area (Å²) in [7, 11) is 0. The van der Waals surface area contributed by atoms with Gasteiger partial charge in [-0.3, -0.25) is 9.59 Å². The molecule has 0 spiro atoms. The SMILES string of the molecule is CC(=O)OC(C)(C)CC[C@@H](O)[C@](C)(O)C1CC[C@@]2(O)C3=CC(=O)[C@@H]4C[C@@H](O)CC[C@]4(C)[C@H]3CC[C@]12C. The minimum atomic E-state index is -1.46. The lowest BCUT2D eigenvalue weighted by Crippen LogP contribution is -2.62. The smallest absolute Gasteiger partial charge is 0.303 e. The maximum absolute atomic E-state index is 13.3. The molecule has 4 N–H and O–H groups in total. The molecule has 0 aromatic rings. The van der Waals surface area contributed by atoms with Crippen LogP contribution in [-0.2, 0) is 14.3 Å². The lowest BCUT2D eigenvalue weighted by Gasteiger charge is -2.60. The van der Waals surface area contributed by atoms with Crippen LogP contribution in [0.2, 0.25) is 0 Å². The van der Waals surface area contributed by atoms with Crippen LogP contribution >= 0.6 is 0 Å². The highest BCUT2D eigenvalue weighted by Gasteiger charge is 2.68. The molecule has 7 heteroatoms. The minimum absolute atomic E-state index is 0.00289. The first-order valence-corrected chi connectivity index (χ1v) is 13.7. The Hall–Kier alpha value is -1.28. The fourth-order valence-corrected chi connectivity index (χ4v) is 8.70. The van der Waals surface area contributed by atoms with Crippen molar-refractivity contribution in [2.45, 2.75) is 128 Å². The zero-order chi connectivity index (χ0) is 26.9. The van der Waals surface area contributed by atoms with Crippen molar-refractivity contribution in [1.82, 2.24) is 0 Å². The number of fused-ring (bicyclic) bond motifs is 5. The van der Waals surface area contributed by atoms with Crippen molar-refractivity contribution >= 4 is 11.8 Å². The first kappa shape index (κ1) is 27.7. The van der Waals surface area contributed by atoms with Crippen LogP contribution < -0.4 is 0 Å². The monoisotopic (exact) mass is 506 g/mol. The van der Waals surface area contributed by atoms with E-state index in [2.05, 4.69) is 6.92 Å². The molecule has 4 aliphatic carbocycles. The molecule has 1 unspecified atom stereocenters. The van der Waals surface area contributed by atoms with E-state index in [4.69, 9.17) is 4.74 Å². The molecular formula is C29H46O7. The number of esters is 1. The van der Waals surface area contributed by atoms with E-state index in [0.29, 0.717) is 38.5 Å². The Labute approximate surface area is 215 Å². The first-order chi connectivity index (χ1) is 16.5. The van der Waals surface area contributed by atoms with Crippen LogP contribution in [-0.4, -0.2) is 61.2 Å². The van der Waals surface area contributed by atoms with E-state index >= 15 is 0 Å². The summed E-state index contributed by atoms with van der Waals surface area (Å²) in [5, 5.41) is 45.4. The third-order valence-electron chi connectivity index (χ3n) is 10.9. The highest BCUT2D eigenvalue weighted by atomic mass is 16.6. The van der Waals surface area contributed by atoms with Gasteiger partial charge in [0.15, 0.2) is 5.78 Å². The Morgan fingerprint density at radius 3 is 2.44 bits per heavy atom. The fourth-order valence-electron chi connectivity index (χ4n) is 8.70. The number of carbonyl (C=O) groups is 2. The zero-order valence-corrected chi connectivity index (χ0v) is 22.8. The standard InChI is InChI=1S/C29H46O7/c1-17(30)36-25(2,3)11-10-24(33)28(6,34)23-9-14-29(35)20-16-22(32)21-15-18(31)7-12-26(21,4)19(20)8-13-27(23,29)5/h16,18-19,21,23-24,31,33-35H,7-15H2,1-6H3/t18-,19-,21-,23?,24+,26+,27+,28+,29+/m0/s1. The lowest BCUT2D eigenvalue weighted by molar-refractivity contribution is -0.174. The van der Waals surface area contributed by atoms with Gasteiger partial charge in [-0.2, -0.15) is 0 Å². The largest absolute Gasteiger partial charge is 0.460 e. The minimum Gasteiger partial charge on any atom is -0.460 e. The van der Waals surface area contributed by atoms with Crippen molar-refractivity contribution in [1.29, 1.82) is 0 Å². The molecule has 0 radical (unpaired) electrons. The molecule has 0 bridgehead atoms. The molecule has 0 amide bonds. The second-order valence-electron chi connectivity index (χ2n) is 13.6. The van der Waals surface area contributed by atoms with Gasteiger partial charge in [-0.15, -0.1) is 0 Å². The van der Waals surface area contributed by atoms with Crippen LogP contribution in [0.25, 0.3) is 0 Å². The summed E-state index contributed by atoms with van der Waals surface area (Å²) < 4.78 is 5.35. The second kappa shape index (κ2) is 8.89. The van der Waals surface area contributed by atoms with Gasteiger partial charge in [0.05, 0.1) is 23.4 Å². The summed E-state index contributed by atoms with van der Waals surface area (Å²) in [6.07, 6.45) is 5.21. The van der Waals surface area contributed by atoms with Crippen molar-refractivity contribution in [3.05, 3.63) is 11.6 Å². The molecule has 9 atom stereocenters. The molecule has 7 nitrogen and oxygen atoms in total. The van der Waals surface area contributed by atoms with E-state index in [1.165, 1.54) is 6.92 Å². The average molecular weight is 507 g/mol. The number of aliphatic hydroxyl groups is 4. The number of hydrogen-bond acceptors (Lipinski definition) is 7. The number of hydrogen-bond donors (Lipinski definition) is 4. The maximum atomic E-state index is 13.3. The molecule has 0 aromatic heterocycles. The first-order valence-electron chi connectivity index (χ1n) is 13.7. The van der Waals surface area contributed by atoms with Crippen LogP contribution in [0.3, 0.4) is 0 Å². The molecule has 0 aromatic carbocycles. The van der Waals surface area contributed by atoms with Gasteiger partial charge in [-0.1, -0.05) is 13.8 Å². The molecule has 0 saturated heterocycles. The van der Waals surface area contributed by atoms with Crippen LogP contribution in [0, 0.1) is 28.6 Å². The normalized spacial score (nSPS) is 42.9. The Morgan fingerprint density at radius 1 is 1.14 bits per heavy atom. The predicted molar refractivity (Wildman–Crippen MR) is 135 cm³/mol. The number of ketones is 1. The number of aliphatic hydroxyl groups excluding tert-OH is 2. The molecule has 3 fully saturated rings. The third-order valence-corrected chi connectivity index (χ3v) is 10.9. The van der Waals surface area contributed by atoms with Gasteiger partial charge in [-0.05, 0) is 107 Å². The topological polar surface area (TPSA) is 124 Å². The molecule has 36 heavy (non-hydrogen) atoms. The van der Waals surface area contributed by atoms with E-state index in [-0.39, 0.29) is 41.3 Å². The van der Waals surface area contributed by atoms with Gasteiger partial charge < -0.3 is 25.2 Å². The molecular weight excluding hydrogens is 460 g/mol. The summed E-state index contributed by atoms with van der Waals surface area (Å²) in [6.45, 7) is 10.8. The third kappa shape index (κ3) is 4.18. The summed E-state index contributed by atoms with van der Waals surface area (Å²) in [5.41, 5.74) is -3.60. The van der Waals surface area contributed by atoms with Crippen molar-refractivity contribution in [2.75, 3.05) is 0 Å². The van der Waals surface area contributed by atoms with Crippen LogP contribution in [0.5, 0.6) is 0 Å². The molecule has 0 heterocycles. The zero-order valence-electron chi connectivity index (χ0n) is 22.8. The molecule has 0 aliphatic heterocycles. The fraction of sp³-hybridized carbons (Fsp3) is 0.862. The molecule has 3 saturated carbocycles.